The summed E-state index contributed by atoms with van der Waals surface area (Å²) in [6, 6.07) is 12.6. The number of urea groups is 1. The van der Waals surface area contributed by atoms with Crippen molar-refractivity contribution in [2.75, 3.05) is 6.54 Å². The third kappa shape index (κ3) is 8.67. The molecule has 0 spiro atoms. The molecule has 32 heavy (non-hydrogen) atoms. The summed E-state index contributed by atoms with van der Waals surface area (Å²) in [4.78, 5) is 36.9. The molecule has 0 heterocycles. The zero-order valence-corrected chi connectivity index (χ0v) is 18.2. The molecule has 0 radical (unpaired) electrons. The van der Waals surface area contributed by atoms with Crippen LogP contribution in [0.25, 0.3) is 0 Å². The van der Waals surface area contributed by atoms with E-state index in [1.807, 2.05) is 6.07 Å². The van der Waals surface area contributed by atoms with E-state index in [9.17, 15) is 24.6 Å². The number of rotatable bonds is 12. The fraction of sp³-hybridized carbons (Fsp3) is 0.375. The Morgan fingerprint density at radius 2 is 1.44 bits per heavy atom. The van der Waals surface area contributed by atoms with Gasteiger partial charge in [0.2, 0.25) is 5.91 Å². The van der Waals surface area contributed by atoms with Gasteiger partial charge in [-0.05, 0) is 29.7 Å². The maximum atomic E-state index is 12.7. The second-order valence-electron chi connectivity index (χ2n) is 7.62. The summed E-state index contributed by atoms with van der Waals surface area (Å²) >= 11 is 0. The van der Waals surface area contributed by atoms with Gasteiger partial charge in [-0.2, -0.15) is 0 Å². The Balaban J connectivity index is 2.04. The number of carbonyl (C=O) groups is 3. The van der Waals surface area contributed by atoms with Crippen molar-refractivity contribution in [1.82, 2.24) is 16.0 Å². The second-order valence-corrected chi connectivity index (χ2v) is 7.62. The van der Waals surface area contributed by atoms with Crippen LogP contribution in [0.1, 0.15) is 37.3 Å². The van der Waals surface area contributed by atoms with Gasteiger partial charge in [0.25, 0.3) is 0 Å². The van der Waals surface area contributed by atoms with Crippen LogP contribution in [0.3, 0.4) is 0 Å². The summed E-state index contributed by atoms with van der Waals surface area (Å²) in [6.45, 7) is 2.56. The highest BCUT2D eigenvalue weighted by atomic mass is 16.4. The third-order valence-electron chi connectivity index (χ3n) is 4.96. The molecule has 0 aliphatic carbocycles. The van der Waals surface area contributed by atoms with Gasteiger partial charge >= 0.3 is 12.0 Å². The summed E-state index contributed by atoms with van der Waals surface area (Å²) in [5.74, 6) is -1.41. The maximum Gasteiger partial charge on any atom is 0.326 e. The van der Waals surface area contributed by atoms with Crippen LogP contribution in [0.15, 0.2) is 54.6 Å². The molecule has 1 unspecified atom stereocenters. The highest BCUT2D eigenvalue weighted by Gasteiger charge is 2.25. The van der Waals surface area contributed by atoms with E-state index in [0.29, 0.717) is 6.54 Å². The normalized spacial score (nSPS) is 12.4. The molecule has 0 aliphatic rings. The van der Waals surface area contributed by atoms with Gasteiger partial charge in [-0.1, -0.05) is 62.2 Å². The molecule has 2 rings (SSSR count). The standard InChI is InChI=1S/C24H31N3O5/c1-2-3-7-14-25-22(29)20(15-18-10-12-19(28)13-11-18)26-24(32)27-21(23(30)31)16-17-8-5-4-6-9-17/h4-6,8-13,20-21,28H,2-3,7,14-16H2,1H3,(H,25,29)(H,30,31)(H2,26,27,32)/t20?,21-/m0/s1. The SMILES string of the molecule is CCCCCNC(=O)C(Cc1ccc(O)cc1)NC(=O)N[C@@H](Cc1ccccc1)C(=O)O. The van der Waals surface area contributed by atoms with E-state index in [2.05, 4.69) is 22.9 Å². The van der Waals surface area contributed by atoms with E-state index >= 15 is 0 Å². The number of hydrogen-bond donors (Lipinski definition) is 5. The van der Waals surface area contributed by atoms with Crippen LogP contribution in [0.4, 0.5) is 4.79 Å². The molecule has 172 valence electrons. The molecule has 0 bridgehead atoms. The number of amides is 3. The maximum absolute atomic E-state index is 12.7. The number of benzene rings is 2. The fourth-order valence-corrected chi connectivity index (χ4v) is 3.19. The summed E-state index contributed by atoms with van der Waals surface area (Å²) in [7, 11) is 0. The van der Waals surface area contributed by atoms with Gasteiger partial charge < -0.3 is 26.2 Å². The molecular weight excluding hydrogens is 410 g/mol. The second kappa shape index (κ2) is 13.0. The van der Waals surface area contributed by atoms with Gasteiger partial charge in [-0.3, -0.25) is 4.79 Å². The first-order valence-corrected chi connectivity index (χ1v) is 10.8. The number of aliphatic carboxylic acids is 1. The van der Waals surface area contributed by atoms with Gasteiger partial charge in [-0.25, -0.2) is 9.59 Å². The van der Waals surface area contributed by atoms with Crippen molar-refractivity contribution in [2.45, 2.75) is 51.1 Å². The molecule has 0 saturated heterocycles. The predicted molar refractivity (Wildman–Crippen MR) is 121 cm³/mol. The van der Waals surface area contributed by atoms with Crippen LogP contribution in [-0.2, 0) is 22.4 Å². The Labute approximate surface area is 188 Å². The quantitative estimate of drug-likeness (QED) is 0.324. The first-order chi connectivity index (χ1) is 15.4. The number of unbranched alkanes of at least 4 members (excludes halogenated alkanes) is 2. The number of nitrogens with one attached hydrogen (secondary N) is 3. The lowest BCUT2D eigenvalue weighted by atomic mass is 10.0. The average molecular weight is 442 g/mol. The Bertz CT molecular complexity index is 871. The predicted octanol–water partition coefficient (Wildman–Crippen LogP) is 2.60. The highest BCUT2D eigenvalue weighted by Crippen LogP contribution is 2.12. The minimum Gasteiger partial charge on any atom is -0.508 e. The van der Waals surface area contributed by atoms with Gasteiger partial charge in [0.05, 0.1) is 0 Å². The van der Waals surface area contributed by atoms with Crippen LogP contribution >= 0.6 is 0 Å². The number of hydrogen-bond acceptors (Lipinski definition) is 4. The van der Waals surface area contributed by atoms with Crippen LogP contribution in [0.2, 0.25) is 0 Å². The number of phenolic OH excluding ortho intramolecular Hbond substituents is 1. The zero-order valence-electron chi connectivity index (χ0n) is 18.2. The molecule has 0 aliphatic heterocycles. The van der Waals surface area contributed by atoms with Crippen LogP contribution < -0.4 is 16.0 Å². The molecule has 0 fully saturated rings. The van der Waals surface area contributed by atoms with Gasteiger partial charge in [0.1, 0.15) is 17.8 Å². The van der Waals surface area contributed by atoms with Crippen molar-refractivity contribution in [3.05, 3.63) is 65.7 Å². The van der Waals surface area contributed by atoms with E-state index in [-0.39, 0.29) is 24.5 Å². The highest BCUT2D eigenvalue weighted by molar-refractivity contribution is 5.89. The monoisotopic (exact) mass is 441 g/mol. The molecule has 0 aromatic heterocycles. The molecule has 0 saturated carbocycles. The molecule has 3 amide bonds. The number of phenols is 1. The van der Waals surface area contributed by atoms with Crippen molar-refractivity contribution >= 4 is 17.9 Å². The molecule has 2 atom stereocenters. The third-order valence-corrected chi connectivity index (χ3v) is 4.96. The van der Waals surface area contributed by atoms with E-state index in [4.69, 9.17) is 0 Å². The van der Waals surface area contributed by atoms with Crippen LogP contribution in [0, 0.1) is 0 Å². The fourth-order valence-electron chi connectivity index (χ4n) is 3.19. The van der Waals surface area contributed by atoms with Crippen molar-refractivity contribution in [3.8, 4) is 5.75 Å². The van der Waals surface area contributed by atoms with Gasteiger partial charge in [0, 0.05) is 19.4 Å². The Kier molecular flexibility index (Phi) is 10.0. The van der Waals surface area contributed by atoms with E-state index in [1.165, 1.54) is 12.1 Å². The van der Waals surface area contributed by atoms with Crippen molar-refractivity contribution in [1.29, 1.82) is 0 Å². The largest absolute Gasteiger partial charge is 0.508 e. The molecule has 2 aromatic rings. The van der Waals surface area contributed by atoms with Gasteiger partial charge in [-0.15, -0.1) is 0 Å². The Morgan fingerprint density at radius 3 is 2.06 bits per heavy atom. The van der Waals surface area contributed by atoms with E-state index in [1.54, 1.807) is 36.4 Å². The first kappa shape index (κ1) is 24.7. The Hall–Kier alpha value is -3.55. The molecular formula is C24H31N3O5. The zero-order chi connectivity index (χ0) is 23.3. The van der Waals surface area contributed by atoms with Crippen molar-refractivity contribution < 1.29 is 24.6 Å². The van der Waals surface area contributed by atoms with Gasteiger partial charge in [0.15, 0.2) is 0 Å². The topological polar surface area (TPSA) is 128 Å². The number of carboxylic acid groups (broad SMARTS) is 1. The minimum absolute atomic E-state index is 0.102. The average Bonchev–Trinajstić information content (AvgIpc) is 2.77. The number of carboxylic acids is 1. The molecule has 2 aromatic carbocycles. The lowest BCUT2D eigenvalue weighted by molar-refractivity contribution is -0.139. The lowest BCUT2D eigenvalue weighted by Gasteiger charge is -2.21. The number of carbonyl (C=O) groups excluding carboxylic acids is 2. The minimum atomic E-state index is -1.16. The number of aromatic hydroxyl groups is 1. The summed E-state index contributed by atoms with van der Waals surface area (Å²) in [6.07, 6.45) is 3.15. The molecule has 8 heteroatoms. The summed E-state index contributed by atoms with van der Waals surface area (Å²) < 4.78 is 0. The Morgan fingerprint density at radius 1 is 0.844 bits per heavy atom. The van der Waals surface area contributed by atoms with E-state index < -0.39 is 24.1 Å². The van der Waals surface area contributed by atoms with Crippen LogP contribution in [-0.4, -0.2) is 46.7 Å². The lowest BCUT2D eigenvalue weighted by Crippen LogP contribution is -2.54. The van der Waals surface area contributed by atoms with Crippen molar-refractivity contribution in [3.63, 3.8) is 0 Å². The smallest absolute Gasteiger partial charge is 0.326 e. The molecule has 5 N–H and O–H groups in total. The summed E-state index contributed by atoms with van der Waals surface area (Å²) in [5, 5.41) is 26.9. The van der Waals surface area contributed by atoms with Crippen molar-refractivity contribution in [2.24, 2.45) is 0 Å². The van der Waals surface area contributed by atoms with Crippen LogP contribution in [0.5, 0.6) is 5.75 Å². The van der Waals surface area contributed by atoms with E-state index in [0.717, 1.165) is 30.4 Å². The molecule has 8 nitrogen and oxygen atoms in total. The first-order valence-electron chi connectivity index (χ1n) is 10.8. The summed E-state index contributed by atoms with van der Waals surface area (Å²) in [5.41, 5.74) is 1.52.